The summed E-state index contributed by atoms with van der Waals surface area (Å²) in [5.74, 6) is -0.204. The zero-order valence-electron chi connectivity index (χ0n) is 10.6. The lowest BCUT2D eigenvalue weighted by Crippen LogP contribution is -2.57. The van der Waals surface area contributed by atoms with Crippen LogP contribution in [0.4, 0.5) is 0 Å². The highest BCUT2D eigenvalue weighted by molar-refractivity contribution is 5.94. The third-order valence-electron chi connectivity index (χ3n) is 3.30. The molecular weight excluding hydrogens is 222 g/mol. The van der Waals surface area contributed by atoms with E-state index in [9.17, 15) is 4.79 Å². The van der Waals surface area contributed by atoms with E-state index in [0.717, 1.165) is 6.42 Å². The molecule has 6 nitrogen and oxygen atoms in total. The summed E-state index contributed by atoms with van der Waals surface area (Å²) >= 11 is 0. The van der Waals surface area contributed by atoms with E-state index >= 15 is 0 Å². The van der Waals surface area contributed by atoms with Crippen molar-refractivity contribution in [3.8, 4) is 0 Å². The van der Waals surface area contributed by atoms with E-state index in [1.165, 1.54) is 0 Å². The van der Waals surface area contributed by atoms with Crippen LogP contribution in [0.15, 0.2) is 5.16 Å². The Bertz CT molecular complexity index is 319. The van der Waals surface area contributed by atoms with Crippen molar-refractivity contribution >= 4 is 11.7 Å². The van der Waals surface area contributed by atoms with Crippen LogP contribution in [0.3, 0.4) is 0 Å². The van der Waals surface area contributed by atoms with Crippen LogP contribution >= 0.6 is 0 Å². The fraction of sp³-hybridized carbons (Fsp3) is 0.818. The fourth-order valence-electron chi connectivity index (χ4n) is 1.79. The molecule has 0 aromatic carbocycles. The number of ether oxygens (including phenoxy) is 1. The minimum atomic E-state index is -0.832. The van der Waals surface area contributed by atoms with E-state index in [-0.39, 0.29) is 17.8 Å². The molecule has 0 saturated carbocycles. The van der Waals surface area contributed by atoms with Crippen LogP contribution < -0.4 is 11.1 Å². The Hall–Kier alpha value is -1.30. The number of nitrogens with two attached hydrogens (primary N) is 1. The molecule has 4 N–H and O–H groups in total. The second-order valence-corrected chi connectivity index (χ2v) is 4.67. The topological polar surface area (TPSA) is 96.9 Å². The van der Waals surface area contributed by atoms with Crippen molar-refractivity contribution < 1.29 is 14.7 Å². The lowest BCUT2D eigenvalue weighted by molar-refractivity contribution is -0.132. The van der Waals surface area contributed by atoms with Crippen LogP contribution in [0.1, 0.15) is 40.0 Å². The van der Waals surface area contributed by atoms with Crippen LogP contribution in [0.25, 0.3) is 0 Å². The predicted octanol–water partition coefficient (Wildman–Crippen LogP) is 0.585. The SMILES string of the molecule is CCC(C)(NC(=O)C1CCC(C)O1)C(N)=NO. The van der Waals surface area contributed by atoms with Crippen LogP contribution in [0.5, 0.6) is 0 Å². The lowest BCUT2D eigenvalue weighted by Gasteiger charge is -2.29. The maximum atomic E-state index is 12.0. The molecule has 98 valence electrons. The first-order chi connectivity index (χ1) is 7.92. The van der Waals surface area contributed by atoms with Gasteiger partial charge in [-0.15, -0.1) is 0 Å². The number of amides is 1. The number of carbonyl (C=O) groups is 1. The van der Waals surface area contributed by atoms with Crippen molar-refractivity contribution in [3.05, 3.63) is 0 Å². The summed E-state index contributed by atoms with van der Waals surface area (Å²) in [7, 11) is 0. The standard InChI is InChI=1S/C11H21N3O3/c1-4-11(3,10(12)14-16)13-9(15)8-6-5-7(2)17-8/h7-8,16H,4-6H2,1-3H3,(H2,12,14)(H,13,15). The first-order valence-electron chi connectivity index (χ1n) is 5.88. The van der Waals surface area contributed by atoms with Gasteiger partial charge in [0.15, 0.2) is 5.84 Å². The number of rotatable bonds is 4. The Morgan fingerprint density at radius 1 is 1.65 bits per heavy atom. The summed E-state index contributed by atoms with van der Waals surface area (Å²) in [6.07, 6.45) is 1.81. The predicted molar refractivity (Wildman–Crippen MR) is 63.8 cm³/mol. The van der Waals surface area contributed by atoms with Gasteiger partial charge in [0.25, 0.3) is 0 Å². The van der Waals surface area contributed by atoms with Gasteiger partial charge in [0, 0.05) is 0 Å². The molecule has 6 heteroatoms. The molecule has 0 radical (unpaired) electrons. The summed E-state index contributed by atoms with van der Waals surface area (Å²) < 4.78 is 5.47. The van der Waals surface area contributed by atoms with Gasteiger partial charge < -0.3 is 21.0 Å². The normalized spacial score (nSPS) is 28.8. The van der Waals surface area contributed by atoms with Gasteiger partial charge in [0.05, 0.1) is 11.6 Å². The van der Waals surface area contributed by atoms with Crippen molar-refractivity contribution in [2.45, 2.75) is 57.8 Å². The molecule has 0 bridgehead atoms. The third-order valence-corrected chi connectivity index (χ3v) is 3.30. The molecule has 17 heavy (non-hydrogen) atoms. The van der Waals surface area contributed by atoms with E-state index in [2.05, 4.69) is 10.5 Å². The van der Waals surface area contributed by atoms with Gasteiger partial charge in [-0.3, -0.25) is 4.79 Å². The van der Waals surface area contributed by atoms with Crippen LogP contribution in [-0.4, -0.2) is 34.7 Å². The molecule has 1 rings (SSSR count). The number of hydrogen-bond donors (Lipinski definition) is 3. The lowest BCUT2D eigenvalue weighted by atomic mass is 9.97. The molecule has 0 aromatic heterocycles. The number of oxime groups is 1. The molecule has 1 aliphatic rings. The molecule has 1 amide bonds. The number of amidine groups is 1. The van der Waals surface area contributed by atoms with Crippen molar-refractivity contribution in [2.75, 3.05) is 0 Å². The van der Waals surface area contributed by atoms with E-state index in [4.69, 9.17) is 15.7 Å². The second-order valence-electron chi connectivity index (χ2n) is 4.67. The van der Waals surface area contributed by atoms with Crippen molar-refractivity contribution in [3.63, 3.8) is 0 Å². The molecule has 0 aliphatic carbocycles. The fourth-order valence-corrected chi connectivity index (χ4v) is 1.79. The third kappa shape index (κ3) is 3.09. The molecule has 0 aromatic rings. The van der Waals surface area contributed by atoms with E-state index in [0.29, 0.717) is 12.8 Å². The average Bonchev–Trinajstić information content (AvgIpc) is 2.74. The summed E-state index contributed by atoms with van der Waals surface area (Å²) in [6, 6.07) is 0. The average molecular weight is 243 g/mol. The Balaban J connectivity index is 2.66. The summed E-state index contributed by atoms with van der Waals surface area (Å²) in [5.41, 5.74) is 4.75. The van der Waals surface area contributed by atoms with Gasteiger partial charge in [-0.25, -0.2) is 0 Å². The molecule has 3 atom stereocenters. The maximum absolute atomic E-state index is 12.0. The summed E-state index contributed by atoms with van der Waals surface area (Å²) in [6.45, 7) is 5.52. The molecule has 1 saturated heterocycles. The van der Waals surface area contributed by atoms with Crippen molar-refractivity contribution in [1.29, 1.82) is 0 Å². The van der Waals surface area contributed by atoms with E-state index < -0.39 is 11.6 Å². The van der Waals surface area contributed by atoms with Crippen LogP contribution in [-0.2, 0) is 9.53 Å². The van der Waals surface area contributed by atoms with Gasteiger partial charge >= 0.3 is 0 Å². The number of nitrogens with one attached hydrogen (secondary N) is 1. The minimum Gasteiger partial charge on any atom is -0.409 e. The van der Waals surface area contributed by atoms with Crippen LogP contribution in [0, 0.1) is 0 Å². The Morgan fingerprint density at radius 2 is 2.29 bits per heavy atom. The van der Waals surface area contributed by atoms with Gasteiger partial charge in [0.1, 0.15) is 6.10 Å². The van der Waals surface area contributed by atoms with E-state index in [1.54, 1.807) is 6.92 Å². The molecule has 1 fully saturated rings. The molecule has 3 unspecified atom stereocenters. The molecular formula is C11H21N3O3. The van der Waals surface area contributed by atoms with Gasteiger partial charge in [-0.2, -0.15) is 0 Å². The van der Waals surface area contributed by atoms with Crippen molar-refractivity contribution in [1.82, 2.24) is 5.32 Å². The Labute approximate surface area is 101 Å². The van der Waals surface area contributed by atoms with Gasteiger partial charge in [-0.1, -0.05) is 12.1 Å². The molecule has 1 heterocycles. The quantitative estimate of drug-likeness (QED) is 0.291. The molecule has 1 aliphatic heterocycles. The Morgan fingerprint density at radius 3 is 2.71 bits per heavy atom. The van der Waals surface area contributed by atoms with Gasteiger partial charge in [-0.05, 0) is 33.1 Å². The number of nitrogens with zero attached hydrogens (tertiary/aromatic N) is 1. The number of carbonyl (C=O) groups excluding carboxylic acids is 1. The van der Waals surface area contributed by atoms with Gasteiger partial charge in [0.2, 0.25) is 5.91 Å². The first-order valence-corrected chi connectivity index (χ1v) is 5.88. The second kappa shape index (κ2) is 5.35. The zero-order valence-corrected chi connectivity index (χ0v) is 10.6. The van der Waals surface area contributed by atoms with Crippen molar-refractivity contribution in [2.24, 2.45) is 10.9 Å². The first kappa shape index (κ1) is 13.8. The van der Waals surface area contributed by atoms with E-state index in [1.807, 2.05) is 13.8 Å². The number of hydrogen-bond acceptors (Lipinski definition) is 4. The van der Waals surface area contributed by atoms with Crippen LogP contribution in [0.2, 0.25) is 0 Å². The zero-order chi connectivity index (χ0) is 13.1. The molecule has 0 spiro atoms. The highest BCUT2D eigenvalue weighted by Gasteiger charge is 2.35. The highest BCUT2D eigenvalue weighted by Crippen LogP contribution is 2.20. The maximum Gasteiger partial charge on any atom is 0.249 e. The smallest absolute Gasteiger partial charge is 0.249 e. The monoisotopic (exact) mass is 243 g/mol. The summed E-state index contributed by atoms with van der Waals surface area (Å²) in [5, 5.41) is 14.4. The Kier molecular flexibility index (Phi) is 4.34. The highest BCUT2D eigenvalue weighted by atomic mass is 16.5. The minimum absolute atomic E-state index is 0.000560. The largest absolute Gasteiger partial charge is 0.409 e. The summed E-state index contributed by atoms with van der Waals surface area (Å²) in [4.78, 5) is 12.0.